The molecule has 1 aromatic heterocycles. The van der Waals surface area contributed by atoms with Crippen molar-refractivity contribution in [1.82, 2.24) is 4.57 Å². The first-order valence-corrected chi connectivity index (χ1v) is 7.97. The van der Waals surface area contributed by atoms with Gasteiger partial charge in [-0.3, -0.25) is 9.59 Å². The van der Waals surface area contributed by atoms with E-state index in [1.54, 1.807) is 12.1 Å². The Morgan fingerprint density at radius 2 is 1.87 bits per heavy atom. The summed E-state index contributed by atoms with van der Waals surface area (Å²) in [6, 6.07) is 7.32. The van der Waals surface area contributed by atoms with Gasteiger partial charge in [0.25, 0.3) is 0 Å². The molecule has 1 N–H and O–H groups in total. The average Bonchev–Trinajstić information content (AvgIpc) is 2.81. The number of carbonyl (C=O) groups is 2. The highest BCUT2D eigenvalue weighted by Crippen LogP contribution is 2.30. The van der Waals surface area contributed by atoms with Gasteiger partial charge < -0.3 is 9.67 Å². The van der Waals surface area contributed by atoms with Gasteiger partial charge in [0.15, 0.2) is 11.6 Å². The van der Waals surface area contributed by atoms with Crippen LogP contribution in [0.1, 0.15) is 56.1 Å². The largest absolute Gasteiger partial charge is 0.388 e. The lowest BCUT2D eigenvalue weighted by Gasteiger charge is -2.16. The topological polar surface area (TPSA) is 59.3 Å². The molecule has 0 aliphatic heterocycles. The maximum Gasteiger partial charge on any atom is 0.188 e. The van der Waals surface area contributed by atoms with Gasteiger partial charge in [0, 0.05) is 35.5 Å². The Bertz CT molecular complexity index is 769. The summed E-state index contributed by atoms with van der Waals surface area (Å²) in [5, 5.41) is 8.90. The van der Waals surface area contributed by atoms with Crippen LogP contribution in [0, 0.1) is 13.8 Å². The zero-order valence-corrected chi connectivity index (χ0v) is 13.6. The summed E-state index contributed by atoms with van der Waals surface area (Å²) in [7, 11) is 0. The molecule has 0 saturated carbocycles. The molecule has 4 heteroatoms. The minimum absolute atomic E-state index is 0.259. The number of Topliss-reactive ketones (excluding diaryl/α,β-unsaturated/α-hetero) is 2. The van der Waals surface area contributed by atoms with E-state index in [0.717, 1.165) is 40.9 Å². The molecule has 0 spiro atoms. The summed E-state index contributed by atoms with van der Waals surface area (Å²) in [4.78, 5) is 23.7. The van der Waals surface area contributed by atoms with Gasteiger partial charge in [-0.2, -0.15) is 0 Å². The van der Waals surface area contributed by atoms with E-state index >= 15 is 0 Å². The molecule has 0 atom stereocenters. The second-order valence-corrected chi connectivity index (χ2v) is 6.17. The van der Waals surface area contributed by atoms with E-state index < -0.39 is 6.61 Å². The van der Waals surface area contributed by atoms with E-state index in [-0.39, 0.29) is 11.6 Å². The first kappa shape index (κ1) is 15.7. The third-order valence-electron chi connectivity index (χ3n) is 4.79. The monoisotopic (exact) mass is 311 g/mol. The highest BCUT2D eigenvalue weighted by molar-refractivity contribution is 6.00. The van der Waals surface area contributed by atoms with Gasteiger partial charge in [-0.15, -0.1) is 0 Å². The van der Waals surface area contributed by atoms with Crippen LogP contribution in [0.15, 0.2) is 24.3 Å². The van der Waals surface area contributed by atoms with Gasteiger partial charge in [-0.05, 0) is 37.8 Å². The Balaban J connectivity index is 1.93. The van der Waals surface area contributed by atoms with Gasteiger partial charge >= 0.3 is 0 Å². The maximum absolute atomic E-state index is 12.2. The van der Waals surface area contributed by atoms with Crippen molar-refractivity contribution in [3.05, 3.63) is 57.9 Å². The molecule has 1 aliphatic rings. The fourth-order valence-electron chi connectivity index (χ4n) is 3.39. The van der Waals surface area contributed by atoms with Crippen LogP contribution >= 0.6 is 0 Å². The molecule has 2 aromatic rings. The third-order valence-corrected chi connectivity index (χ3v) is 4.79. The number of nitrogens with zero attached hydrogens (tertiary/aromatic N) is 1. The summed E-state index contributed by atoms with van der Waals surface area (Å²) >= 11 is 0. The summed E-state index contributed by atoms with van der Waals surface area (Å²) in [6.45, 7) is 4.31. The maximum atomic E-state index is 12.2. The van der Waals surface area contributed by atoms with E-state index in [0.29, 0.717) is 18.5 Å². The fraction of sp³-hybridized carbons (Fsp3) is 0.368. The van der Waals surface area contributed by atoms with Crippen LogP contribution < -0.4 is 0 Å². The molecule has 4 nitrogen and oxygen atoms in total. The predicted molar refractivity (Wildman–Crippen MR) is 88.1 cm³/mol. The molecule has 0 radical (unpaired) electrons. The van der Waals surface area contributed by atoms with Crippen LogP contribution in [0.25, 0.3) is 0 Å². The van der Waals surface area contributed by atoms with E-state index in [1.807, 2.05) is 19.1 Å². The molecule has 120 valence electrons. The molecule has 23 heavy (non-hydrogen) atoms. The fourth-order valence-corrected chi connectivity index (χ4v) is 3.39. The molecular weight excluding hydrogens is 290 g/mol. The number of aliphatic hydroxyl groups is 1. The van der Waals surface area contributed by atoms with Gasteiger partial charge in [0.2, 0.25) is 0 Å². The molecule has 1 heterocycles. The van der Waals surface area contributed by atoms with Crippen molar-refractivity contribution in [3.8, 4) is 0 Å². The second kappa shape index (κ2) is 6.13. The lowest BCUT2D eigenvalue weighted by atomic mass is 9.94. The Labute approximate surface area is 135 Å². The van der Waals surface area contributed by atoms with Crippen LogP contribution in [0.4, 0.5) is 0 Å². The van der Waals surface area contributed by atoms with Crippen LogP contribution in [-0.4, -0.2) is 27.8 Å². The highest BCUT2D eigenvalue weighted by Gasteiger charge is 2.25. The number of hydrogen-bond acceptors (Lipinski definition) is 3. The summed E-state index contributed by atoms with van der Waals surface area (Å²) in [6.07, 6.45) is 2.50. The molecule has 1 aromatic carbocycles. The number of aliphatic hydroxyl groups excluding tert-OH is 1. The zero-order chi connectivity index (χ0) is 16.6. The Kier molecular flexibility index (Phi) is 4.18. The number of carbonyl (C=O) groups excluding carboxylic acids is 2. The van der Waals surface area contributed by atoms with Crippen molar-refractivity contribution in [2.24, 2.45) is 0 Å². The normalized spacial score (nSPS) is 14.0. The van der Waals surface area contributed by atoms with Crippen molar-refractivity contribution in [2.75, 3.05) is 6.61 Å². The van der Waals surface area contributed by atoms with E-state index in [9.17, 15) is 9.59 Å². The third kappa shape index (κ3) is 2.75. The first-order valence-electron chi connectivity index (χ1n) is 7.97. The first-order chi connectivity index (χ1) is 11.0. The quantitative estimate of drug-likeness (QED) is 0.883. The van der Waals surface area contributed by atoms with Crippen LogP contribution in [0.2, 0.25) is 0 Å². The number of benzene rings is 1. The number of aromatic nitrogens is 1. The standard InChI is InChI=1S/C19H21NO3/c1-12-13(2)20(16-4-3-5-17(22)19(12)16)10-14-6-8-15(9-7-14)18(23)11-21/h6-9,21H,3-5,10-11H2,1-2H3. The SMILES string of the molecule is Cc1c2c(n(Cc3ccc(C(=O)CO)cc3)c1C)CCCC2=O. The van der Waals surface area contributed by atoms with Gasteiger partial charge in [0.05, 0.1) is 0 Å². The molecule has 0 saturated heterocycles. The predicted octanol–water partition coefficient (Wildman–Crippen LogP) is 2.85. The molecule has 0 bridgehead atoms. The number of rotatable bonds is 4. The second-order valence-electron chi connectivity index (χ2n) is 6.17. The Hall–Kier alpha value is -2.20. The molecule has 0 unspecified atom stereocenters. The van der Waals surface area contributed by atoms with Crippen LogP contribution in [0.3, 0.4) is 0 Å². The van der Waals surface area contributed by atoms with Crippen molar-refractivity contribution in [2.45, 2.75) is 39.7 Å². The summed E-state index contributed by atoms with van der Waals surface area (Å²) < 4.78 is 2.23. The molecule has 3 rings (SSSR count). The van der Waals surface area contributed by atoms with Crippen molar-refractivity contribution < 1.29 is 14.7 Å². The van der Waals surface area contributed by atoms with Gasteiger partial charge in [-0.1, -0.05) is 24.3 Å². The summed E-state index contributed by atoms with van der Waals surface area (Å²) in [5.41, 5.74) is 5.90. The minimum atomic E-state index is -0.467. The molecule has 1 aliphatic carbocycles. The lowest BCUT2D eigenvalue weighted by molar-refractivity contribution is 0.0903. The molecular formula is C19H21NO3. The smallest absolute Gasteiger partial charge is 0.188 e. The lowest BCUT2D eigenvalue weighted by Crippen LogP contribution is -2.14. The number of ketones is 2. The Morgan fingerprint density at radius 1 is 1.17 bits per heavy atom. The Morgan fingerprint density at radius 3 is 2.52 bits per heavy atom. The minimum Gasteiger partial charge on any atom is -0.388 e. The van der Waals surface area contributed by atoms with E-state index in [4.69, 9.17) is 5.11 Å². The van der Waals surface area contributed by atoms with Gasteiger partial charge in [0.1, 0.15) is 6.61 Å². The van der Waals surface area contributed by atoms with Crippen molar-refractivity contribution >= 4 is 11.6 Å². The average molecular weight is 311 g/mol. The van der Waals surface area contributed by atoms with Crippen molar-refractivity contribution in [1.29, 1.82) is 0 Å². The van der Waals surface area contributed by atoms with Gasteiger partial charge in [-0.25, -0.2) is 0 Å². The van der Waals surface area contributed by atoms with E-state index in [2.05, 4.69) is 11.5 Å². The van der Waals surface area contributed by atoms with E-state index in [1.165, 1.54) is 0 Å². The molecule has 0 fully saturated rings. The molecule has 0 amide bonds. The summed E-state index contributed by atoms with van der Waals surface area (Å²) in [5.74, 6) is -0.0120. The van der Waals surface area contributed by atoms with Crippen LogP contribution in [0.5, 0.6) is 0 Å². The number of fused-ring (bicyclic) bond motifs is 1. The zero-order valence-electron chi connectivity index (χ0n) is 13.6. The van der Waals surface area contributed by atoms with Crippen molar-refractivity contribution in [3.63, 3.8) is 0 Å². The number of hydrogen-bond donors (Lipinski definition) is 1. The van der Waals surface area contributed by atoms with Crippen LogP contribution in [-0.2, 0) is 13.0 Å². The highest BCUT2D eigenvalue weighted by atomic mass is 16.3.